The summed E-state index contributed by atoms with van der Waals surface area (Å²) < 4.78 is 60.9. The summed E-state index contributed by atoms with van der Waals surface area (Å²) in [6, 6.07) is 0. The molecule has 0 unspecified atom stereocenters. The van der Waals surface area contributed by atoms with Crippen molar-refractivity contribution in [3.05, 3.63) is 0 Å². The van der Waals surface area contributed by atoms with Crippen LogP contribution in [0.15, 0.2) is 0 Å². The van der Waals surface area contributed by atoms with Gasteiger partial charge in [-0.05, 0) is 0 Å². The summed E-state index contributed by atoms with van der Waals surface area (Å²) in [6.45, 7) is -5.73. The number of aliphatic hydroxyl groups excluding tert-OH is 20. The maximum absolute atomic E-state index is 11.3. The quantitative estimate of drug-likeness (QED) is 0.0683. The average molecular weight is 991 g/mol. The van der Waals surface area contributed by atoms with Crippen LogP contribution in [0.3, 0.4) is 0 Å². The Bertz CT molecular complexity index is 1500. The van der Waals surface area contributed by atoms with E-state index in [4.69, 9.17) is 52.1 Å². The molecule has 6 rings (SSSR count). The third-order valence-electron chi connectivity index (χ3n) is 12.4. The molecule has 392 valence electrons. The Morgan fingerprint density at radius 3 is 0.821 bits per heavy atom. The van der Waals surface area contributed by atoms with Crippen LogP contribution in [-0.2, 0) is 52.1 Å². The van der Waals surface area contributed by atoms with Gasteiger partial charge in [0.05, 0.1) is 39.6 Å². The van der Waals surface area contributed by atoms with Crippen molar-refractivity contribution in [2.24, 2.45) is 0 Å². The second-order valence-corrected chi connectivity index (χ2v) is 16.8. The fraction of sp³-hybridized carbons (Fsp3) is 1.00. The van der Waals surface area contributed by atoms with Gasteiger partial charge in [-0.3, -0.25) is 0 Å². The third-order valence-corrected chi connectivity index (χ3v) is 12.4. The fourth-order valence-corrected chi connectivity index (χ4v) is 8.50. The Labute approximate surface area is 378 Å². The average Bonchev–Trinajstić information content (AvgIpc) is 3.32. The first-order valence-corrected chi connectivity index (χ1v) is 21.1. The van der Waals surface area contributed by atoms with Crippen LogP contribution in [0.25, 0.3) is 0 Å². The highest BCUT2D eigenvalue weighted by Crippen LogP contribution is 2.37. The molecular weight excluding hydrogens is 928 g/mol. The Kier molecular flexibility index (Phi) is 19.4. The van der Waals surface area contributed by atoms with Gasteiger partial charge in [0, 0.05) is 0 Å². The maximum Gasteiger partial charge on any atom is 0.187 e. The lowest BCUT2D eigenvalue weighted by atomic mass is 9.95. The summed E-state index contributed by atoms with van der Waals surface area (Å²) >= 11 is 0. The van der Waals surface area contributed by atoms with Crippen molar-refractivity contribution in [2.75, 3.05) is 39.6 Å². The minimum absolute atomic E-state index is 0.860. The molecule has 6 aliphatic heterocycles. The first-order valence-electron chi connectivity index (χ1n) is 21.1. The topological polar surface area (TPSA) is 506 Å². The van der Waals surface area contributed by atoms with Crippen molar-refractivity contribution in [1.82, 2.24) is 0 Å². The van der Waals surface area contributed by atoms with Gasteiger partial charge in [-0.25, -0.2) is 0 Å². The highest BCUT2D eigenvalue weighted by atomic mass is 16.8. The molecule has 0 bridgehead atoms. The smallest absolute Gasteiger partial charge is 0.187 e. The van der Waals surface area contributed by atoms with Gasteiger partial charge in [0.1, 0.15) is 146 Å². The molecule has 6 aliphatic rings. The summed E-state index contributed by atoms with van der Waals surface area (Å²) in [7, 11) is 0. The molecule has 0 spiro atoms. The molecule has 0 amide bonds. The first-order chi connectivity index (χ1) is 31.8. The molecule has 20 N–H and O–H groups in total. The van der Waals surface area contributed by atoms with E-state index in [1.165, 1.54) is 0 Å². The Morgan fingerprint density at radius 1 is 0.224 bits per heavy atom. The lowest BCUT2D eigenvalue weighted by Gasteiger charge is -2.50. The molecule has 0 aromatic heterocycles. The van der Waals surface area contributed by atoms with Gasteiger partial charge in [0.2, 0.25) is 0 Å². The molecule has 67 heavy (non-hydrogen) atoms. The number of hydrogen-bond acceptors (Lipinski definition) is 31. The summed E-state index contributed by atoms with van der Waals surface area (Å²) in [5.41, 5.74) is 0. The number of rotatable bonds is 16. The lowest BCUT2D eigenvalue weighted by Crippen LogP contribution is -2.68. The molecule has 0 aromatic carbocycles. The molecule has 0 saturated carbocycles. The fourth-order valence-electron chi connectivity index (χ4n) is 8.50. The number of aliphatic hydroxyl groups is 20. The molecular formula is C36H62O31. The van der Waals surface area contributed by atoms with Crippen LogP contribution < -0.4 is 0 Å². The zero-order valence-corrected chi connectivity index (χ0v) is 35.0. The number of hydrogen-bond donors (Lipinski definition) is 20. The first kappa shape index (κ1) is 55.1. The molecule has 0 aromatic rings. The maximum atomic E-state index is 11.3. The summed E-state index contributed by atoms with van der Waals surface area (Å²) in [6.07, 6.45) is -57.2. The van der Waals surface area contributed by atoms with Crippen LogP contribution in [0.4, 0.5) is 0 Å². The standard InChI is InChI=1S/C36H62O31/c37-1-7-13(43)15(45)22(52)32(58-7)67-30-16(46)14(44)8(2-38)59-36(30)66-29-12(6-42)62-35(25(55)20(29)50)65-28-11(5-41)61-34(24(54)19(28)49)64-27-10(4-40)60-33(23(53)18(27)48)63-26-9(3-39)57-31(56)21(51)17(26)47/h7-56H,1-6H2/t7-,8-,9-,10-,11-,12-,13-,14-,15+,16+,17-,18-,19-,20-,21-,22-,23-,24-,25-,26-,27-,28-,29-,30-,31+,32-,33-,34-,35-,36-/m1/s1. The van der Waals surface area contributed by atoms with Crippen molar-refractivity contribution < 1.29 is 154 Å². The lowest BCUT2D eigenvalue weighted by molar-refractivity contribution is -0.400. The SMILES string of the molecule is OC[C@H]1O[C@H](O[C@H]2[C@@H](O[C@H]3[C@H](O)[C@@H](O)[C@@H](O[C@H]4[C@H](O)[C@@H](O)[C@@H](O[C@H]5[C@H](O)[C@@H](O)[C@@H](O[C@H]6[C@H](O)[C@@H](O)[C@@H](O)O[C@@H]6CO)O[C@@H]5CO)O[C@@H]4CO)O[C@@H]3CO)O[C@H](CO)[C@@H](O)[C@@H]2O)[C@H](O)[C@@H](O)[C@@H]1O. The van der Waals surface area contributed by atoms with E-state index in [1.54, 1.807) is 0 Å². The summed E-state index contributed by atoms with van der Waals surface area (Å²) in [5, 5.41) is 210. The van der Waals surface area contributed by atoms with E-state index in [0.717, 1.165) is 0 Å². The molecule has 6 fully saturated rings. The molecule has 0 aliphatic carbocycles. The molecule has 6 saturated heterocycles. The molecule has 31 heteroatoms. The monoisotopic (exact) mass is 990 g/mol. The molecule has 6 heterocycles. The van der Waals surface area contributed by atoms with Gasteiger partial charge >= 0.3 is 0 Å². The van der Waals surface area contributed by atoms with Crippen molar-refractivity contribution in [2.45, 2.75) is 184 Å². The molecule has 30 atom stereocenters. The van der Waals surface area contributed by atoms with Gasteiger partial charge < -0.3 is 154 Å². The van der Waals surface area contributed by atoms with Gasteiger partial charge in [-0.2, -0.15) is 0 Å². The summed E-state index contributed by atoms with van der Waals surface area (Å²) in [5.74, 6) is 0. The van der Waals surface area contributed by atoms with Gasteiger partial charge in [0.15, 0.2) is 37.7 Å². The van der Waals surface area contributed by atoms with Crippen LogP contribution >= 0.6 is 0 Å². The van der Waals surface area contributed by atoms with Crippen molar-refractivity contribution in [1.29, 1.82) is 0 Å². The zero-order chi connectivity index (χ0) is 49.3. The van der Waals surface area contributed by atoms with E-state index in [-0.39, 0.29) is 0 Å². The zero-order valence-electron chi connectivity index (χ0n) is 35.0. The Morgan fingerprint density at radius 2 is 0.463 bits per heavy atom. The van der Waals surface area contributed by atoms with Crippen molar-refractivity contribution >= 4 is 0 Å². The van der Waals surface area contributed by atoms with Crippen LogP contribution in [0.1, 0.15) is 0 Å². The number of ether oxygens (including phenoxy) is 11. The van der Waals surface area contributed by atoms with E-state index >= 15 is 0 Å². The predicted molar refractivity (Wildman–Crippen MR) is 199 cm³/mol. The van der Waals surface area contributed by atoms with E-state index < -0.39 is 224 Å². The third kappa shape index (κ3) is 11.2. The normalized spacial score (nSPS) is 53.4. The van der Waals surface area contributed by atoms with Crippen LogP contribution in [-0.4, -0.2) is 326 Å². The van der Waals surface area contributed by atoms with Crippen molar-refractivity contribution in [3.63, 3.8) is 0 Å². The predicted octanol–water partition coefficient (Wildman–Crippen LogP) is -14.1. The highest BCUT2D eigenvalue weighted by molar-refractivity contribution is 5.00. The largest absolute Gasteiger partial charge is 0.394 e. The van der Waals surface area contributed by atoms with E-state index in [0.29, 0.717) is 0 Å². The second-order valence-electron chi connectivity index (χ2n) is 16.8. The highest BCUT2D eigenvalue weighted by Gasteiger charge is 2.57. The molecule has 31 nitrogen and oxygen atoms in total. The van der Waals surface area contributed by atoms with Gasteiger partial charge in [0.25, 0.3) is 0 Å². The Balaban J connectivity index is 1.11. The van der Waals surface area contributed by atoms with Crippen LogP contribution in [0.5, 0.6) is 0 Å². The van der Waals surface area contributed by atoms with Crippen molar-refractivity contribution in [3.8, 4) is 0 Å². The van der Waals surface area contributed by atoms with E-state index in [2.05, 4.69) is 0 Å². The van der Waals surface area contributed by atoms with Crippen LogP contribution in [0, 0.1) is 0 Å². The van der Waals surface area contributed by atoms with E-state index in [1.807, 2.05) is 0 Å². The summed E-state index contributed by atoms with van der Waals surface area (Å²) in [4.78, 5) is 0. The van der Waals surface area contributed by atoms with E-state index in [9.17, 15) is 102 Å². The second kappa shape index (κ2) is 23.5. The van der Waals surface area contributed by atoms with Gasteiger partial charge in [-0.15, -0.1) is 0 Å². The minimum atomic E-state index is -2.21. The minimum Gasteiger partial charge on any atom is -0.394 e. The van der Waals surface area contributed by atoms with Gasteiger partial charge in [-0.1, -0.05) is 0 Å². The van der Waals surface area contributed by atoms with Crippen LogP contribution in [0.2, 0.25) is 0 Å². The Hall–Kier alpha value is -1.24. The molecule has 0 radical (unpaired) electrons.